The van der Waals surface area contributed by atoms with Gasteiger partial charge in [0.05, 0.1) is 35.9 Å². The minimum atomic E-state index is -4.71. The number of likely N-dealkylation sites (N-methyl/N-ethyl adjacent to an activating group) is 1. The quantitative estimate of drug-likeness (QED) is 0.186. The van der Waals surface area contributed by atoms with Crippen LogP contribution in [0.1, 0.15) is 55.1 Å². The lowest BCUT2D eigenvalue weighted by molar-refractivity contribution is -0.181. The molecule has 0 spiro atoms. The lowest BCUT2D eigenvalue weighted by atomic mass is 9.52. The van der Waals surface area contributed by atoms with Crippen molar-refractivity contribution in [2.75, 3.05) is 46.4 Å². The summed E-state index contributed by atoms with van der Waals surface area (Å²) in [6.07, 6.45) is -7.78. The maximum atomic E-state index is 14.3. The Kier molecular flexibility index (Phi) is 10.9. The Bertz CT molecular complexity index is 1700. The van der Waals surface area contributed by atoms with E-state index < -0.39 is 126 Å². The Hall–Kier alpha value is -4.58. The number of primary amides is 1. The highest BCUT2D eigenvalue weighted by atomic mass is 19.4. The number of carbonyl (C=O) groups is 7. The lowest BCUT2D eigenvalue weighted by Crippen LogP contribution is -2.74. The van der Waals surface area contributed by atoms with Crippen molar-refractivity contribution in [3.63, 3.8) is 0 Å². The molecule has 0 radical (unpaired) electrons. The number of nitrogens with zero attached hydrogens (tertiary/aromatic N) is 3. The van der Waals surface area contributed by atoms with E-state index in [4.69, 9.17) is 15.2 Å². The Morgan fingerprint density at radius 3 is 2.15 bits per heavy atom. The van der Waals surface area contributed by atoms with Crippen LogP contribution >= 0.6 is 0 Å². The van der Waals surface area contributed by atoms with Crippen LogP contribution in [-0.2, 0) is 46.4 Å². The van der Waals surface area contributed by atoms with E-state index in [0.29, 0.717) is 10.6 Å². The van der Waals surface area contributed by atoms with Crippen LogP contribution in [-0.4, -0.2) is 120 Å². The van der Waals surface area contributed by atoms with Gasteiger partial charge in [0.2, 0.25) is 12.7 Å². The molecule has 4 rings (SSSR count). The average molecular weight is 741 g/mol. The number of rotatable bonds is 9. The second-order valence-corrected chi connectivity index (χ2v) is 14.9. The van der Waals surface area contributed by atoms with E-state index in [2.05, 4.69) is 0 Å². The average Bonchev–Trinajstić information content (AvgIpc) is 3.00. The first-order valence-electron chi connectivity index (χ1n) is 16.4. The maximum absolute atomic E-state index is 14.3. The number of aliphatic hydroxyl groups is 1. The zero-order chi connectivity index (χ0) is 39.4. The third kappa shape index (κ3) is 7.22. The first kappa shape index (κ1) is 40.2. The fourth-order valence-corrected chi connectivity index (χ4v) is 7.37. The number of phenolic OH excluding ortho intramolecular Hbond substituents is 1. The molecule has 1 aromatic carbocycles. The summed E-state index contributed by atoms with van der Waals surface area (Å²) >= 11 is 0. The largest absolute Gasteiger partial charge is 0.507 e. The third-order valence-electron chi connectivity index (χ3n) is 9.87. The van der Waals surface area contributed by atoms with E-state index in [0.717, 1.165) is 0 Å². The predicted molar refractivity (Wildman–Crippen MR) is 174 cm³/mol. The number of hydrogen-bond acceptors (Lipinski definition) is 13. The van der Waals surface area contributed by atoms with Crippen LogP contribution < -0.4 is 10.6 Å². The minimum Gasteiger partial charge on any atom is -0.507 e. The van der Waals surface area contributed by atoms with Gasteiger partial charge in [-0.3, -0.25) is 33.7 Å². The molecule has 2 amide bonds. The molecule has 3 aliphatic carbocycles. The van der Waals surface area contributed by atoms with Gasteiger partial charge in [-0.05, 0) is 65.3 Å². The number of nitrogens with two attached hydrogens (primary N) is 1. The molecule has 0 saturated heterocycles. The van der Waals surface area contributed by atoms with Crippen molar-refractivity contribution in [1.82, 2.24) is 9.80 Å². The summed E-state index contributed by atoms with van der Waals surface area (Å²) in [5.74, 6) is -13.6. The first-order chi connectivity index (χ1) is 23.8. The topological polar surface area (TPSA) is 214 Å². The number of hydrogen-bond donors (Lipinski definition) is 3. The van der Waals surface area contributed by atoms with Gasteiger partial charge >= 0.3 is 18.2 Å². The number of phenols is 1. The molecule has 6 atom stereocenters. The highest BCUT2D eigenvalue weighted by Crippen LogP contribution is 2.52. The molecule has 18 heteroatoms. The van der Waals surface area contributed by atoms with Gasteiger partial charge in [0.25, 0.3) is 0 Å². The third-order valence-corrected chi connectivity index (χ3v) is 9.87. The molecular formula is C34H43F3N4O11. The number of esters is 1. The Balaban J connectivity index is 1.76. The Labute approximate surface area is 297 Å². The standard InChI is InChI=1S/C34H43F3N4O11/c1-32(2,3)30(48)51-14-52-31(49)41(9-8-33(35,36)37)13-16-12-19(39(4)5)17-10-15-11-18-23(40(6)7)26(44)22(29(38)47)28(46)34(18,50)27(45)20(15)25(43)21(17)24(16)42/h12,15,18,20,22-23,42,50H,8-11,13-14H2,1-7H3,(H2,38,47)/t15-,18-,20?,22?,23-,34-/m0/s1. The molecule has 1 aromatic rings. The molecule has 2 fully saturated rings. The van der Waals surface area contributed by atoms with Crippen LogP contribution in [0.3, 0.4) is 0 Å². The number of amides is 2. The summed E-state index contributed by atoms with van der Waals surface area (Å²) in [7, 11) is 6.10. The molecule has 0 aliphatic heterocycles. The maximum Gasteiger partial charge on any atom is 0.412 e. The number of anilines is 1. The number of benzene rings is 1. The van der Waals surface area contributed by atoms with Crippen molar-refractivity contribution in [3.8, 4) is 5.75 Å². The first-order valence-corrected chi connectivity index (χ1v) is 16.4. The molecule has 0 aromatic heterocycles. The van der Waals surface area contributed by atoms with Gasteiger partial charge in [0, 0.05) is 37.8 Å². The minimum absolute atomic E-state index is 0.0633. The van der Waals surface area contributed by atoms with Crippen molar-refractivity contribution in [2.24, 2.45) is 34.8 Å². The zero-order valence-corrected chi connectivity index (χ0v) is 29.8. The number of carbonyl (C=O) groups excluding carboxylic acids is 7. The molecule has 286 valence electrons. The summed E-state index contributed by atoms with van der Waals surface area (Å²) < 4.78 is 49.7. The molecule has 3 aliphatic rings. The molecule has 2 saturated carbocycles. The smallest absolute Gasteiger partial charge is 0.412 e. The van der Waals surface area contributed by atoms with Gasteiger partial charge in [-0.25, -0.2) is 4.79 Å². The Morgan fingerprint density at radius 1 is 1.02 bits per heavy atom. The van der Waals surface area contributed by atoms with Crippen molar-refractivity contribution >= 4 is 46.8 Å². The van der Waals surface area contributed by atoms with Gasteiger partial charge < -0.3 is 35.2 Å². The van der Waals surface area contributed by atoms with Crippen molar-refractivity contribution in [3.05, 3.63) is 22.8 Å². The molecule has 4 N–H and O–H groups in total. The van der Waals surface area contributed by atoms with E-state index >= 15 is 0 Å². The van der Waals surface area contributed by atoms with Gasteiger partial charge in [0.1, 0.15) is 5.75 Å². The van der Waals surface area contributed by atoms with Gasteiger partial charge in [-0.15, -0.1) is 0 Å². The molecule has 15 nitrogen and oxygen atoms in total. The van der Waals surface area contributed by atoms with Crippen LogP contribution in [0.4, 0.5) is 23.7 Å². The van der Waals surface area contributed by atoms with Gasteiger partial charge in [-0.1, -0.05) is 0 Å². The van der Waals surface area contributed by atoms with Crippen LogP contribution in [0.2, 0.25) is 0 Å². The van der Waals surface area contributed by atoms with Crippen molar-refractivity contribution < 1.29 is 66.4 Å². The summed E-state index contributed by atoms with van der Waals surface area (Å²) in [6, 6.07) is 0.0782. The summed E-state index contributed by atoms with van der Waals surface area (Å²) in [6.45, 7) is 1.99. The normalized spacial score (nSPS) is 26.0. The number of aromatic hydroxyl groups is 1. The fraction of sp³-hybridized carbons (Fsp3) is 0.618. The number of alkyl halides is 3. The highest BCUT2D eigenvalue weighted by molar-refractivity contribution is 6.32. The summed E-state index contributed by atoms with van der Waals surface area (Å²) in [5, 5.41) is 23.4. The van der Waals surface area contributed by atoms with Crippen LogP contribution in [0, 0.1) is 29.1 Å². The SMILES string of the molecule is CN(C)c1cc(CN(CCC(F)(F)F)C(=O)OCOC(=O)C(C)(C)C)c(O)c2c1C[C@H]1C[C@H]3[C@H](N(C)C)C(=O)C(C(N)=O)C(=O)[C@@]3(O)C(=O)C1C2=O. The van der Waals surface area contributed by atoms with E-state index in [9.17, 15) is 56.9 Å². The predicted octanol–water partition coefficient (Wildman–Crippen LogP) is 1.37. The highest BCUT2D eigenvalue weighted by Gasteiger charge is 2.69. The number of Topliss-reactive ketones (excluding diaryl/α,β-unsaturated/α-hetero) is 4. The van der Waals surface area contributed by atoms with E-state index in [1.54, 1.807) is 19.0 Å². The Morgan fingerprint density at radius 2 is 1.63 bits per heavy atom. The molecule has 52 heavy (non-hydrogen) atoms. The fourth-order valence-electron chi connectivity index (χ4n) is 7.37. The second-order valence-electron chi connectivity index (χ2n) is 14.9. The summed E-state index contributed by atoms with van der Waals surface area (Å²) in [4.78, 5) is 96.2. The number of ketones is 4. The summed E-state index contributed by atoms with van der Waals surface area (Å²) in [5.41, 5.74) is 1.37. The monoisotopic (exact) mass is 740 g/mol. The molecule has 0 bridgehead atoms. The van der Waals surface area contributed by atoms with Crippen LogP contribution in [0.25, 0.3) is 0 Å². The molecular weight excluding hydrogens is 697 g/mol. The van der Waals surface area contributed by atoms with Crippen molar-refractivity contribution in [1.29, 1.82) is 0 Å². The number of halogens is 3. The van der Waals surface area contributed by atoms with Crippen LogP contribution in [0.15, 0.2) is 6.07 Å². The van der Waals surface area contributed by atoms with Crippen molar-refractivity contribution in [2.45, 2.75) is 64.4 Å². The zero-order valence-electron chi connectivity index (χ0n) is 29.8. The molecule has 2 unspecified atom stereocenters. The lowest BCUT2D eigenvalue weighted by Gasteiger charge is -2.52. The van der Waals surface area contributed by atoms with E-state index in [-0.39, 0.29) is 24.0 Å². The van der Waals surface area contributed by atoms with Gasteiger partial charge in [-0.2, -0.15) is 13.2 Å². The number of ether oxygens (including phenoxy) is 2. The van der Waals surface area contributed by atoms with E-state index in [1.807, 2.05) is 0 Å². The van der Waals surface area contributed by atoms with Gasteiger partial charge in [0.15, 0.2) is 34.7 Å². The molecule has 0 heterocycles. The number of fused-ring (bicyclic) bond motifs is 3. The van der Waals surface area contributed by atoms with Crippen LogP contribution in [0.5, 0.6) is 5.75 Å². The van der Waals surface area contributed by atoms with E-state index in [1.165, 1.54) is 45.8 Å². The second kappa shape index (κ2) is 14.1.